The van der Waals surface area contributed by atoms with Crippen LogP contribution in [0, 0.1) is 11.8 Å². The van der Waals surface area contributed by atoms with Gasteiger partial charge in [0.25, 0.3) is 0 Å². The molecule has 4 heteroatoms. The van der Waals surface area contributed by atoms with Gasteiger partial charge in [-0.2, -0.15) is 12.6 Å². The Kier molecular flexibility index (Phi) is 4.07. The molecule has 3 nitrogen and oxygen atoms in total. The summed E-state index contributed by atoms with van der Waals surface area (Å²) in [6.45, 7) is 0. The van der Waals surface area contributed by atoms with Crippen LogP contribution >= 0.6 is 12.6 Å². The lowest BCUT2D eigenvalue weighted by atomic mass is 10.1. The van der Waals surface area contributed by atoms with Crippen LogP contribution in [-0.4, -0.2) is 18.8 Å². The Labute approximate surface area is 94.0 Å². The van der Waals surface area contributed by atoms with E-state index in [1.54, 1.807) is 18.2 Å². The van der Waals surface area contributed by atoms with Gasteiger partial charge in [-0.3, -0.25) is 4.79 Å². The van der Waals surface area contributed by atoms with Gasteiger partial charge >= 0.3 is 0 Å². The first-order valence-electron chi connectivity index (χ1n) is 4.26. The summed E-state index contributed by atoms with van der Waals surface area (Å²) in [6.07, 6.45) is 0. The Bertz CT molecular complexity index is 432. The van der Waals surface area contributed by atoms with Gasteiger partial charge in [-0.15, -0.1) is 0 Å². The number of benzene rings is 1. The number of primary amides is 1. The van der Waals surface area contributed by atoms with Gasteiger partial charge in [0.05, 0.1) is 18.4 Å². The zero-order valence-electron chi connectivity index (χ0n) is 8.28. The van der Waals surface area contributed by atoms with E-state index in [-0.39, 0.29) is 0 Å². The highest BCUT2D eigenvalue weighted by molar-refractivity contribution is 7.80. The molecule has 1 aromatic carbocycles. The van der Waals surface area contributed by atoms with Gasteiger partial charge in [-0.05, 0) is 18.2 Å². The van der Waals surface area contributed by atoms with Crippen molar-refractivity contribution in [2.75, 3.05) is 12.9 Å². The summed E-state index contributed by atoms with van der Waals surface area (Å²) in [7, 11) is 1.53. The van der Waals surface area contributed by atoms with E-state index >= 15 is 0 Å². The highest BCUT2D eigenvalue weighted by atomic mass is 32.1. The number of carbonyl (C=O) groups excluding carboxylic acids is 1. The van der Waals surface area contributed by atoms with Gasteiger partial charge in [0.2, 0.25) is 5.91 Å². The third kappa shape index (κ3) is 2.93. The number of methoxy groups -OCH3 is 1. The van der Waals surface area contributed by atoms with Crippen LogP contribution in [0.3, 0.4) is 0 Å². The zero-order valence-corrected chi connectivity index (χ0v) is 9.17. The topological polar surface area (TPSA) is 52.3 Å². The van der Waals surface area contributed by atoms with Crippen LogP contribution in [-0.2, 0) is 0 Å². The molecule has 0 bridgehead atoms. The highest BCUT2D eigenvalue weighted by Gasteiger charge is 2.07. The Morgan fingerprint density at radius 3 is 2.87 bits per heavy atom. The lowest BCUT2D eigenvalue weighted by molar-refractivity contribution is 0.1000. The molecule has 0 aliphatic carbocycles. The normalized spacial score (nSPS) is 8.93. The second-order valence-electron chi connectivity index (χ2n) is 2.74. The number of rotatable bonds is 2. The molecule has 78 valence electrons. The van der Waals surface area contributed by atoms with Crippen molar-refractivity contribution < 1.29 is 9.53 Å². The summed E-state index contributed by atoms with van der Waals surface area (Å²) in [5.41, 5.74) is 6.19. The molecular weight excluding hydrogens is 210 g/mol. The molecule has 0 unspecified atom stereocenters. The van der Waals surface area contributed by atoms with E-state index in [1.165, 1.54) is 7.11 Å². The lowest BCUT2D eigenvalue weighted by Gasteiger charge is -2.03. The first-order valence-corrected chi connectivity index (χ1v) is 4.90. The molecule has 1 amide bonds. The summed E-state index contributed by atoms with van der Waals surface area (Å²) < 4.78 is 4.99. The van der Waals surface area contributed by atoms with Gasteiger partial charge in [0.1, 0.15) is 5.75 Å². The molecule has 0 saturated heterocycles. The fourth-order valence-electron chi connectivity index (χ4n) is 1.10. The second-order valence-corrected chi connectivity index (χ2v) is 3.05. The van der Waals surface area contributed by atoms with Crippen molar-refractivity contribution >= 4 is 18.5 Å². The van der Waals surface area contributed by atoms with Gasteiger partial charge < -0.3 is 10.5 Å². The summed E-state index contributed by atoms with van der Waals surface area (Å²) >= 11 is 3.96. The van der Waals surface area contributed by atoms with Crippen molar-refractivity contribution in [3.05, 3.63) is 29.3 Å². The second kappa shape index (κ2) is 5.32. The maximum atomic E-state index is 11.1. The largest absolute Gasteiger partial charge is 0.497 e. The van der Waals surface area contributed by atoms with Crippen LogP contribution in [0.15, 0.2) is 18.2 Å². The third-order valence-electron chi connectivity index (χ3n) is 1.79. The Morgan fingerprint density at radius 2 is 2.33 bits per heavy atom. The first-order chi connectivity index (χ1) is 7.19. The molecule has 0 fully saturated rings. The summed E-state index contributed by atoms with van der Waals surface area (Å²) in [6, 6.07) is 5.01. The van der Waals surface area contributed by atoms with Gasteiger partial charge in [0, 0.05) is 5.56 Å². The van der Waals surface area contributed by atoms with E-state index < -0.39 is 5.91 Å². The fraction of sp³-hybridized carbons (Fsp3) is 0.182. The van der Waals surface area contributed by atoms with Crippen LogP contribution in [0.1, 0.15) is 15.9 Å². The van der Waals surface area contributed by atoms with Crippen molar-refractivity contribution in [2.24, 2.45) is 5.73 Å². The molecule has 0 aliphatic rings. The van der Waals surface area contributed by atoms with E-state index in [9.17, 15) is 4.79 Å². The number of thiol groups is 1. The molecule has 2 N–H and O–H groups in total. The zero-order chi connectivity index (χ0) is 11.3. The Morgan fingerprint density at radius 1 is 1.60 bits per heavy atom. The number of ether oxygens (including phenoxy) is 1. The number of hydrogen-bond donors (Lipinski definition) is 2. The minimum atomic E-state index is -0.516. The average Bonchev–Trinajstić information content (AvgIpc) is 2.26. The standard InChI is InChI=1S/C11H11NO2S/c1-14-9-5-4-8(3-2-6-15)10(7-9)11(12)13/h4-5,7,15H,6H2,1H3,(H2,12,13). The van der Waals surface area contributed by atoms with Crippen LogP contribution < -0.4 is 10.5 Å². The SMILES string of the molecule is COc1ccc(C#CCS)c(C(N)=O)c1. The number of carbonyl (C=O) groups is 1. The van der Waals surface area contributed by atoms with E-state index in [0.717, 1.165) is 0 Å². The number of hydrogen-bond acceptors (Lipinski definition) is 3. The molecule has 1 rings (SSSR count). The highest BCUT2D eigenvalue weighted by Crippen LogP contribution is 2.16. The van der Waals surface area contributed by atoms with Crippen LogP contribution in [0.2, 0.25) is 0 Å². The van der Waals surface area contributed by atoms with Crippen LogP contribution in [0.5, 0.6) is 5.75 Å². The van der Waals surface area contributed by atoms with Crippen LogP contribution in [0.4, 0.5) is 0 Å². The third-order valence-corrected chi connectivity index (χ3v) is 1.95. The molecule has 0 aromatic heterocycles. The minimum Gasteiger partial charge on any atom is -0.497 e. The quantitative estimate of drug-likeness (QED) is 0.580. The molecule has 0 saturated carbocycles. The van der Waals surface area contributed by atoms with Gasteiger partial charge in [0.15, 0.2) is 0 Å². The molecule has 0 atom stereocenters. The van der Waals surface area contributed by atoms with Crippen molar-refractivity contribution in [3.63, 3.8) is 0 Å². The van der Waals surface area contributed by atoms with Gasteiger partial charge in [-0.1, -0.05) is 11.8 Å². The number of amides is 1. The predicted molar refractivity (Wildman–Crippen MR) is 62.2 cm³/mol. The smallest absolute Gasteiger partial charge is 0.250 e. The number of nitrogens with two attached hydrogens (primary N) is 1. The summed E-state index contributed by atoms with van der Waals surface area (Å²) in [4.78, 5) is 11.1. The van der Waals surface area contributed by atoms with E-state index in [0.29, 0.717) is 22.6 Å². The maximum Gasteiger partial charge on any atom is 0.250 e. The van der Waals surface area contributed by atoms with Crippen molar-refractivity contribution in [1.29, 1.82) is 0 Å². The average molecular weight is 221 g/mol. The van der Waals surface area contributed by atoms with E-state index in [1.807, 2.05) is 0 Å². The fourth-order valence-corrected chi connectivity index (χ4v) is 1.18. The molecule has 0 radical (unpaired) electrons. The van der Waals surface area contributed by atoms with E-state index in [2.05, 4.69) is 24.5 Å². The summed E-state index contributed by atoms with van der Waals surface area (Å²) in [5.74, 6) is 6.08. The molecule has 0 aliphatic heterocycles. The van der Waals surface area contributed by atoms with Crippen LogP contribution in [0.25, 0.3) is 0 Å². The predicted octanol–water partition coefficient (Wildman–Crippen LogP) is 1.08. The van der Waals surface area contributed by atoms with Crippen molar-refractivity contribution in [1.82, 2.24) is 0 Å². The van der Waals surface area contributed by atoms with Crippen molar-refractivity contribution in [2.45, 2.75) is 0 Å². The molecule has 15 heavy (non-hydrogen) atoms. The first kappa shape index (κ1) is 11.5. The molecule has 0 heterocycles. The minimum absolute atomic E-state index is 0.364. The lowest BCUT2D eigenvalue weighted by Crippen LogP contribution is -2.13. The van der Waals surface area contributed by atoms with Crippen molar-refractivity contribution in [3.8, 4) is 17.6 Å². The monoisotopic (exact) mass is 221 g/mol. The molecule has 1 aromatic rings. The van der Waals surface area contributed by atoms with E-state index in [4.69, 9.17) is 10.5 Å². The Hall–Kier alpha value is -1.60. The van der Waals surface area contributed by atoms with Gasteiger partial charge in [-0.25, -0.2) is 0 Å². The Balaban J connectivity index is 3.21. The summed E-state index contributed by atoms with van der Waals surface area (Å²) in [5, 5.41) is 0. The molecular formula is C11H11NO2S. The molecule has 0 spiro atoms. The maximum absolute atomic E-state index is 11.1.